The Morgan fingerprint density at radius 2 is 1.81 bits per heavy atom. The molecule has 1 fully saturated rings. The van der Waals surface area contributed by atoms with Gasteiger partial charge in [0.15, 0.2) is 5.82 Å². The molecule has 0 amide bonds. The molecule has 2 heterocycles. The average molecular weight is 386 g/mol. The Morgan fingerprint density at radius 1 is 1.22 bits per heavy atom. The van der Waals surface area contributed by atoms with Gasteiger partial charge in [-0.2, -0.15) is 12.6 Å². The quantitative estimate of drug-likeness (QED) is 0.359. The predicted molar refractivity (Wildman–Crippen MR) is 113 cm³/mol. The van der Waals surface area contributed by atoms with E-state index in [1.165, 1.54) is 6.34 Å². The first-order chi connectivity index (χ1) is 12.6. The largest absolute Gasteiger partial charge is 0.494 e. The van der Waals surface area contributed by atoms with Gasteiger partial charge in [-0.3, -0.25) is 0 Å². The molecule has 144 valence electrons. The van der Waals surface area contributed by atoms with Crippen LogP contribution in [-0.2, 0) is 15.9 Å². The van der Waals surface area contributed by atoms with Crippen LogP contribution in [0.4, 0.5) is 5.82 Å². The lowest BCUT2D eigenvalue weighted by molar-refractivity contribution is 0.00578. The highest BCUT2D eigenvalue weighted by molar-refractivity contribution is 7.80. The maximum atomic E-state index is 6.11. The highest BCUT2D eigenvalue weighted by Gasteiger charge is 2.51. The van der Waals surface area contributed by atoms with Crippen molar-refractivity contribution in [2.75, 3.05) is 0 Å². The van der Waals surface area contributed by atoms with Crippen LogP contribution in [0.3, 0.4) is 0 Å². The summed E-state index contributed by atoms with van der Waals surface area (Å²) in [6.07, 6.45) is 3.06. The first kappa shape index (κ1) is 20.0. The van der Waals surface area contributed by atoms with E-state index >= 15 is 0 Å². The van der Waals surface area contributed by atoms with E-state index in [1.807, 2.05) is 23.6 Å². The second-order valence-electron chi connectivity index (χ2n) is 7.87. The van der Waals surface area contributed by atoms with Crippen molar-refractivity contribution in [1.82, 2.24) is 9.55 Å². The monoisotopic (exact) mass is 386 g/mol. The standard InChI is InChI=1S/C19H27BN4O2S/c1-13(27)16-17(22-11-21)24(12-23-16)10-14-6-8-15(9-7-14)20-25-18(2,3)19(4,5)26-20/h6-9,11-13,27H,10H2,1-5H3,(H2,21,22). The predicted octanol–water partition coefficient (Wildman–Crippen LogP) is 2.84. The number of aliphatic imine (C=N–C) groups is 1. The van der Waals surface area contributed by atoms with E-state index in [4.69, 9.17) is 15.0 Å². The summed E-state index contributed by atoms with van der Waals surface area (Å²) in [5.41, 5.74) is 7.75. The van der Waals surface area contributed by atoms with Crippen LogP contribution in [0.1, 0.15) is 51.1 Å². The summed E-state index contributed by atoms with van der Waals surface area (Å²) in [5, 5.41) is -0.0179. The van der Waals surface area contributed by atoms with Gasteiger partial charge in [0.25, 0.3) is 0 Å². The fourth-order valence-corrected chi connectivity index (χ4v) is 3.15. The molecule has 8 heteroatoms. The number of nitrogens with zero attached hydrogens (tertiary/aromatic N) is 3. The molecule has 0 saturated carbocycles. The zero-order chi connectivity index (χ0) is 19.8. The average Bonchev–Trinajstić information content (AvgIpc) is 3.07. The summed E-state index contributed by atoms with van der Waals surface area (Å²) in [6, 6.07) is 8.23. The van der Waals surface area contributed by atoms with Crippen LogP contribution in [0, 0.1) is 0 Å². The van der Waals surface area contributed by atoms with Crippen LogP contribution in [0.25, 0.3) is 0 Å². The third-order valence-corrected chi connectivity index (χ3v) is 5.53. The third-order valence-electron chi connectivity index (χ3n) is 5.29. The van der Waals surface area contributed by atoms with Gasteiger partial charge in [-0.05, 0) is 45.6 Å². The lowest BCUT2D eigenvalue weighted by Crippen LogP contribution is -2.41. The molecule has 1 aromatic carbocycles. The minimum Gasteiger partial charge on any atom is -0.399 e. The fraction of sp³-hybridized carbons (Fsp3) is 0.474. The number of thiol groups is 1. The van der Waals surface area contributed by atoms with E-state index in [9.17, 15) is 0 Å². The minimum absolute atomic E-state index is 0.0179. The third kappa shape index (κ3) is 3.93. The lowest BCUT2D eigenvalue weighted by atomic mass is 9.79. The molecule has 2 N–H and O–H groups in total. The zero-order valence-electron chi connectivity index (χ0n) is 16.5. The highest BCUT2D eigenvalue weighted by Crippen LogP contribution is 2.36. The van der Waals surface area contributed by atoms with Crippen molar-refractivity contribution in [3.8, 4) is 0 Å². The SMILES string of the molecule is CC(S)c1ncn(Cc2ccc(B3OC(C)(C)C(C)(C)O3)cc2)c1/N=C\N. The number of nitrogens with two attached hydrogens (primary N) is 1. The molecule has 1 aromatic heterocycles. The van der Waals surface area contributed by atoms with Crippen LogP contribution >= 0.6 is 12.6 Å². The van der Waals surface area contributed by atoms with Crippen molar-refractivity contribution in [2.24, 2.45) is 10.7 Å². The summed E-state index contributed by atoms with van der Waals surface area (Å²) >= 11 is 4.46. The van der Waals surface area contributed by atoms with Crippen molar-refractivity contribution >= 4 is 37.4 Å². The normalized spacial score (nSPS) is 19.7. The maximum Gasteiger partial charge on any atom is 0.494 e. The molecule has 6 nitrogen and oxygen atoms in total. The van der Waals surface area contributed by atoms with Gasteiger partial charge in [0.1, 0.15) is 0 Å². The van der Waals surface area contributed by atoms with Gasteiger partial charge in [-0.25, -0.2) is 9.98 Å². The molecule has 1 saturated heterocycles. The van der Waals surface area contributed by atoms with Crippen molar-refractivity contribution in [3.05, 3.63) is 41.9 Å². The Balaban J connectivity index is 1.78. The Hall–Kier alpha value is -1.77. The zero-order valence-corrected chi connectivity index (χ0v) is 17.4. The van der Waals surface area contributed by atoms with Gasteiger partial charge in [0, 0.05) is 5.25 Å². The van der Waals surface area contributed by atoms with E-state index < -0.39 is 0 Å². The molecule has 1 aliphatic rings. The van der Waals surface area contributed by atoms with Gasteiger partial charge in [0.2, 0.25) is 0 Å². The molecular weight excluding hydrogens is 359 g/mol. The van der Waals surface area contributed by atoms with Crippen molar-refractivity contribution in [1.29, 1.82) is 0 Å². The minimum atomic E-state index is -0.355. The van der Waals surface area contributed by atoms with Gasteiger partial charge < -0.3 is 19.6 Å². The summed E-state index contributed by atoms with van der Waals surface area (Å²) in [5.74, 6) is 0.732. The lowest BCUT2D eigenvalue weighted by Gasteiger charge is -2.32. The van der Waals surface area contributed by atoms with Crippen LogP contribution in [0.5, 0.6) is 0 Å². The Labute approximate surface area is 166 Å². The van der Waals surface area contributed by atoms with Crippen LogP contribution in [0.2, 0.25) is 0 Å². The smallest absolute Gasteiger partial charge is 0.399 e. The number of aromatic nitrogens is 2. The summed E-state index contributed by atoms with van der Waals surface area (Å²) in [6.45, 7) is 10.8. The first-order valence-electron chi connectivity index (χ1n) is 9.06. The van der Waals surface area contributed by atoms with Crippen LogP contribution in [0.15, 0.2) is 35.6 Å². The number of hydrogen-bond donors (Lipinski definition) is 2. The van der Waals surface area contributed by atoms with Gasteiger partial charge in [-0.1, -0.05) is 24.3 Å². The molecule has 1 unspecified atom stereocenters. The summed E-state index contributed by atoms with van der Waals surface area (Å²) < 4.78 is 14.2. The highest BCUT2D eigenvalue weighted by atomic mass is 32.1. The van der Waals surface area contributed by atoms with Gasteiger partial charge >= 0.3 is 7.12 Å². The second kappa shape index (κ2) is 7.33. The van der Waals surface area contributed by atoms with E-state index in [0.717, 1.165) is 22.5 Å². The maximum absolute atomic E-state index is 6.11. The second-order valence-corrected chi connectivity index (χ2v) is 8.64. The molecule has 0 spiro atoms. The van der Waals surface area contributed by atoms with Gasteiger partial charge in [-0.15, -0.1) is 0 Å². The van der Waals surface area contributed by atoms with Crippen LogP contribution < -0.4 is 11.2 Å². The van der Waals surface area contributed by atoms with E-state index in [0.29, 0.717) is 6.54 Å². The van der Waals surface area contributed by atoms with Crippen molar-refractivity contribution in [2.45, 2.75) is 57.6 Å². The van der Waals surface area contributed by atoms with Crippen molar-refractivity contribution in [3.63, 3.8) is 0 Å². The van der Waals surface area contributed by atoms with Crippen LogP contribution in [-0.4, -0.2) is 34.2 Å². The molecule has 0 bridgehead atoms. The fourth-order valence-electron chi connectivity index (χ4n) is 2.97. The summed E-state index contributed by atoms with van der Waals surface area (Å²) in [4.78, 5) is 8.68. The molecule has 1 atom stereocenters. The molecular formula is C19H27BN4O2S. The molecule has 0 aliphatic carbocycles. The molecule has 1 aliphatic heterocycles. The summed E-state index contributed by atoms with van der Waals surface area (Å²) in [7, 11) is -0.355. The molecule has 0 radical (unpaired) electrons. The van der Waals surface area contributed by atoms with E-state index in [2.05, 4.69) is 62.4 Å². The Morgan fingerprint density at radius 3 is 2.33 bits per heavy atom. The topological polar surface area (TPSA) is 74.7 Å². The molecule has 3 rings (SSSR count). The first-order valence-corrected chi connectivity index (χ1v) is 9.58. The number of hydrogen-bond acceptors (Lipinski definition) is 5. The molecule has 27 heavy (non-hydrogen) atoms. The van der Waals surface area contributed by atoms with E-state index in [1.54, 1.807) is 6.33 Å². The number of imidazole rings is 1. The Bertz CT molecular complexity index is 815. The molecule has 2 aromatic rings. The van der Waals surface area contributed by atoms with E-state index in [-0.39, 0.29) is 23.6 Å². The van der Waals surface area contributed by atoms with Gasteiger partial charge in [0.05, 0.1) is 36.1 Å². The number of benzene rings is 1. The van der Waals surface area contributed by atoms with Crippen molar-refractivity contribution < 1.29 is 9.31 Å². The number of rotatable bonds is 5. The Kier molecular flexibility index (Phi) is 5.43.